The number of benzene rings is 1. The number of nitrogens with one attached hydrogen (secondary N) is 1. The number of nitrogens with zero attached hydrogens (tertiary/aromatic N) is 2. The molecule has 5 heteroatoms. The van der Waals surface area contributed by atoms with Crippen molar-refractivity contribution in [1.29, 1.82) is 0 Å². The maximum atomic E-state index is 5.68. The van der Waals surface area contributed by atoms with Crippen molar-refractivity contribution in [3.63, 3.8) is 0 Å². The van der Waals surface area contributed by atoms with Crippen LogP contribution in [-0.4, -0.2) is 23.9 Å². The lowest BCUT2D eigenvalue weighted by molar-refractivity contribution is 0.414. The van der Waals surface area contributed by atoms with Gasteiger partial charge in [0.05, 0.1) is 13.7 Å². The van der Waals surface area contributed by atoms with Crippen LogP contribution in [0.15, 0.2) is 41.3 Å². The Morgan fingerprint density at radius 1 is 1.30 bits per heavy atom. The zero-order chi connectivity index (χ0) is 16.5. The van der Waals surface area contributed by atoms with Crippen molar-refractivity contribution < 1.29 is 9.15 Å². The standard InChI is InChI=1S/C18H25N3O2/c1-4-6-14(5-2)11-12-19-13-17-20-21-18(23-17)15-7-9-16(22-3)10-8-15/h4,7-10,14,19H,1,5-6,11-13H2,2-3H3. The Labute approximate surface area is 137 Å². The molecule has 0 aliphatic carbocycles. The third-order valence-corrected chi connectivity index (χ3v) is 3.89. The number of hydrogen-bond donors (Lipinski definition) is 1. The van der Waals surface area contributed by atoms with Crippen LogP contribution in [0.25, 0.3) is 11.5 Å². The molecule has 0 radical (unpaired) electrons. The van der Waals surface area contributed by atoms with Gasteiger partial charge in [0.1, 0.15) is 5.75 Å². The summed E-state index contributed by atoms with van der Waals surface area (Å²) in [4.78, 5) is 0. The highest BCUT2D eigenvalue weighted by atomic mass is 16.5. The zero-order valence-corrected chi connectivity index (χ0v) is 13.9. The summed E-state index contributed by atoms with van der Waals surface area (Å²) >= 11 is 0. The summed E-state index contributed by atoms with van der Waals surface area (Å²) in [6.07, 6.45) is 5.37. The van der Waals surface area contributed by atoms with E-state index in [9.17, 15) is 0 Å². The Bertz CT molecular complexity index is 593. The molecule has 0 bridgehead atoms. The summed E-state index contributed by atoms with van der Waals surface area (Å²) in [6.45, 7) is 7.55. The number of methoxy groups -OCH3 is 1. The van der Waals surface area contributed by atoms with Crippen LogP contribution in [0.3, 0.4) is 0 Å². The lowest BCUT2D eigenvalue weighted by Crippen LogP contribution is -2.17. The van der Waals surface area contributed by atoms with Crippen LogP contribution in [0, 0.1) is 5.92 Å². The Kier molecular flexibility index (Phi) is 6.81. The second-order valence-electron chi connectivity index (χ2n) is 5.49. The average Bonchev–Trinajstić information content (AvgIpc) is 3.06. The molecule has 1 unspecified atom stereocenters. The van der Waals surface area contributed by atoms with E-state index < -0.39 is 0 Å². The lowest BCUT2D eigenvalue weighted by Gasteiger charge is -2.11. The zero-order valence-electron chi connectivity index (χ0n) is 13.9. The minimum atomic E-state index is 0.530. The molecule has 0 saturated carbocycles. The van der Waals surface area contributed by atoms with Gasteiger partial charge in [-0.25, -0.2) is 0 Å². The lowest BCUT2D eigenvalue weighted by atomic mass is 9.99. The van der Waals surface area contributed by atoms with Crippen LogP contribution >= 0.6 is 0 Å². The van der Waals surface area contributed by atoms with Gasteiger partial charge in [0, 0.05) is 5.56 Å². The monoisotopic (exact) mass is 315 g/mol. The predicted molar refractivity (Wildman–Crippen MR) is 91.2 cm³/mol. The van der Waals surface area contributed by atoms with Gasteiger partial charge >= 0.3 is 0 Å². The van der Waals surface area contributed by atoms with Crippen LogP contribution in [0.1, 0.15) is 32.1 Å². The topological polar surface area (TPSA) is 60.2 Å². The molecule has 0 amide bonds. The largest absolute Gasteiger partial charge is 0.497 e. The van der Waals surface area contributed by atoms with Crippen LogP contribution in [0.5, 0.6) is 5.75 Å². The molecule has 1 atom stereocenters. The molecule has 124 valence electrons. The summed E-state index contributed by atoms with van der Waals surface area (Å²) < 4.78 is 10.8. The van der Waals surface area contributed by atoms with Crippen molar-refractivity contribution in [3.8, 4) is 17.2 Å². The first-order valence-corrected chi connectivity index (χ1v) is 8.05. The molecular formula is C18H25N3O2. The van der Waals surface area contributed by atoms with Gasteiger partial charge in [-0.3, -0.25) is 0 Å². The van der Waals surface area contributed by atoms with Gasteiger partial charge in [-0.1, -0.05) is 19.4 Å². The smallest absolute Gasteiger partial charge is 0.247 e. The van der Waals surface area contributed by atoms with Gasteiger partial charge in [-0.2, -0.15) is 0 Å². The second-order valence-corrected chi connectivity index (χ2v) is 5.49. The molecule has 1 aromatic heterocycles. The van der Waals surface area contributed by atoms with E-state index in [4.69, 9.17) is 9.15 Å². The van der Waals surface area contributed by atoms with Gasteiger partial charge < -0.3 is 14.5 Å². The first kappa shape index (κ1) is 17.2. The summed E-state index contributed by atoms with van der Waals surface area (Å²) in [5.74, 6) is 2.63. The van der Waals surface area contributed by atoms with Crippen molar-refractivity contribution in [1.82, 2.24) is 15.5 Å². The van der Waals surface area contributed by atoms with Crippen molar-refractivity contribution >= 4 is 0 Å². The third kappa shape index (κ3) is 5.21. The van der Waals surface area contributed by atoms with Gasteiger partial charge in [0.2, 0.25) is 11.8 Å². The summed E-state index contributed by atoms with van der Waals surface area (Å²) in [7, 11) is 1.64. The van der Waals surface area contributed by atoms with E-state index in [-0.39, 0.29) is 0 Å². The van der Waals surface area contributed by atoms with E-state index in [0.717, 1.165) is 30.7 Å². The fourth-order valence-electron chi connectivity index (χ4n) is 2.40. The van der Waals surface area contributed by atoms with Crippen LogP contribution < -0.4 is 10.1 Å². The van der Waals surface area contributed by atoms with Gasteiger partial charge in [0.25, 0.3) is 0 Å². The van der Waals surface area contributed by atoms with Crippen molar-refractivity contribution in [2.75, 3.05) is 13.7 Å². The van der Waals surface area contributed by atoms with Gasteiger partial charge in [-0.15, -0.1) is 16.8 Å². The highest BCUT2D eigenvalue weighted by molar-refractivity contribution is 5.53. The summed E-state index contributed by atoms with van der Waals surface area (Å²) in [5, 5.41) is 11.5. The molecule has 0 spiro atoms. The molecule has 1 heterocycles. The average molecular weight is 315 g/mol. The Balaban J connectivity index is 1.81. The minimum absolute atomic E-state index is 0.530. The molecule has 0 fully saturated rings. The third-order valence-electron chi connectivity index (χ3n) is 3.89. The van der Waals surface area contributed by atoms with Gasteiger partial charge in [-0.05, 0) is 49.6 Å². The van der Waals surface area contributed by atoms with E-state index in [0.29, 0.717) is 24.2 Å². The number of aromatic nitrogens is 2. The molecule has 0 saturated heterocycles. The number of allylic oxidation sites excluding steroid dienone is 1. The van der Waals surface area contributed by atoms with E-state index in [1.54, 1.807) is 7.11 Å². The molecule has 0 aliphatic heterocycles. The molecule has 23 heavy (non-hydrogen) atoms. The first-order chi connectivity index (χ1) is 11.3. The SMILES string of the molecule is C=CCC(CC)CCNCc1nnc(-c2ccc(OC)cc2)o1. The minimum Gasteiger partial charge on any atom is -0.497 e. The van der Waals surface area contributed by atoms with Gasteiger partial charge in [0.15, 0.2) is 0 Å². The van der Waals surface area contributed by atoms with E-state index in [1.807, 2.05) is 30.3 Å². The molecule has 5 nitrogen and oxygen atoms in total. The number of ether oxygens (including phenoxy) is 1. The Hall–Kier alpha value is -2.14. The second kappa shape index (κ2) is 9.10. The molecule has 2 rings (SSSR count). The fraction of sp³-hybridized carbons (Fsp3) is 0.444. The van der Waals surface area contributed by atoms with Crippen LogP contribution in [0.4, 0.5) is 0 Å². The Morgan fingerprint density at radius 2 is 2.09 bits per heavy atom. The van der Waals surface area contributed by atoms with E-state index in [1.165, 1.54) is 6.42 Å². The Morgan fingerprint density at radius 3 is 2.74 bits per heavy atom. The van der Waals surface area contributed by atoms with E-state index in [2.05, 4.69) is 29.0 Å². The quantitative estimate of drug-likeness (QED) is 0.533. The van der Waals surface area contributed by atoms with Crippen molar-refractivity contribution in [2.45, 2.75) is 32.7 Å². The van der Waals surface area contributed by atoms with Crippen LogP contribution in [0.2, 0.25) is 0 Å². The molecule has 1 aromatic carbocycles. The first-order valence-electron chi connectivity index (χ1n) is 8.05. The summed E-state index contributed by atoms with van der Waals surface area (Å²) in [6, 6.07) is 7.57. The molecule has 0 aliphatic rings. The maximum absolute atomic E-state index is 5.68. The van der Waals surface area contributed by atoms with Crippen molar-refractivity contribution in [3.05, 3.63) is 42.8 Å². The summed E-state index contributed by atoms with van der Waals surface area (Å²) in [5.41, 5.74) is 0.890. The highest BCUT2D eigenvalue weighted by Crippen LogP contribution is 2.21. The van der Waals surface area contributed by atoms with Crippen LogP contribution in [-0.2, 0) is 6.54 Å². The molecule has 1 N–H and O–H groups in total. The highest BCUT2D eigenvalue weighted by Gasteiger charge is 2.09. The van der Waals surface area contributed by atoms with E-state index >= 15 is 0 Å². The number of hydrogen-bond acceptors (Lipinski definition) is 5. The fourth-order valence-corrected chi connectivity index (χ4v) is 2.40. The normalized spacial score (nSPS) is 12.1. The van der Waals surface area contributed by atoms with Crippen molar-refractivity contribution in [2.24, 2.45) is 5.92 Å². The molecular weight excluding hydrogens is 290 g/mol. The predicted octanol–water partition coefficient (Wildman–Crippen LogP) is 3.83. The number of rotatable bonds is 10. The maximum Gasteiger partial charge on any atom is 0.247 e. The molecule has 2 aromatic rings.